The maximum absolute atomic E-state index is 13.5. The fourth-order valence-corrected chi connectivity index (χ4v) is 2.53. The Labute approximate surface area is 119 Å². The molecule has 0 heterocycles. The van der Waals surface area contributed by atoms with Gasteiger partial charge in [0.15, 0.2) is 0 Å². The molecule has 4 nitrogen and oxygen atoms in total. The number of benzene rings is 1. The molecule has 0 radical (unpaired) electrons. The molecule has 0 aliphatic heterocycles. The first-order valence-corrected chi connectivity index (χ1v) is 7.51. The molecule has 0 amide bonds. The van der Waals surface area contributed by atoms with E-state index in [0.717, 1.165) is 6.07 Å². The zero-order chi connectivity index (χ0) is 16.1. The van der Waals surface area contributed by atoms with E-state index < -0.39 is 40.6 Å². The normalized spacial score (nSPS) is 12.1. The molecule has 1 N–H and O–H groups in total. The molecule has 9 heteroatoms. The van der Waals surface area contributed by atoms with Gasteiger partial charge < -0.3 is 0 Å². The SMILES string of the molecule is N#Cc1ccc(CNS(=O)(=O)CCCC(F)(F)F)c(F)c1. The van der Waals surface area contributed by atoms with Gasteiger partial charge in [0.05, 0.1) is 17.4 Å². The number of nitriles is 1. The second-order valence-electron chi connectivity index (χ2n) is 4.28. The number of sulfonamides is 1. The number of nitrogens with zero attached hydrogens (tertiary/aromatic N) is 1. The van der Waals surface area contributed by atoms with Gasteiger partial charge in [0.2, 0.25) is 10.0 Å². The number of halogens is 4. The summed E-state index contributed by atoms with van der Waals surface area (Å²) in [5.41, 5.74) is 0.0951. The van der Waals surface area contributed by atoms with Crippen molar-refractivity contribution >= 4 is 10.0 Å². The second kappa shape index (κ2) is 6.87. The Morgan fingerprint density at radius 3 is 2.48 bits per heavy atom. The third-order valence-electron chi connectivity index (χ3n) is 2.54. The maximum Gasteiger partial charge on any atom is 0.389 e. The number of hydrogen-bond donors (Lipinski definition) is 1. The number of hydrogen-bond acceptors (Lipinski definition) is 3. The highest BCUT2D eigenvalue weighted by Crippen LogP contribution is 2.21. The summed E-state index contributed by atoms with van der Waals surface area (Å²) in [6.45, 7) is -0.383. The van der Waals surface area contributed by atoms with Crippen LogP contribution in [-0.2, 0) is 16.6 Å². The second-order valence-corrected chi connectivity index (χ2v) is 6.20. The quantitative estimate of drug-likeness (QED) is 0.817. The van der Waals surface area contributed by atoms with Gasteiger partial charge in [-0.1, -0.05) is 6.07 Å². The van der Waals surface area contributed by atoms with Crippen molar-refractivity contribution < 1.29 is 26.0 Å². The lowest BCUT2D eigenvalue weighted by Crippen LogP contribution is -2.27. The summed E-state index contributed by atoms with van der Waals surface area (Å²) >= 11 is 0. The number of nitrogens with one attached hydrogen (secondary N) is 1. The van der Waals surface area contributed by atoms with Crippen molar-refractivity contribution in [1.29, 1.82) is 5.26 Å². The van der Waals surface area contributed by atoms with E-state index in [2.05, 4.69) is 0 Å². The summed E-state index contributed by atoms with van der Waals surface area (Å²) in [4.78, 5) is 0. The average Bonchev–Trinajstić information content (AvgIpc) is 2.35. The fraction of sp³-hybridized carbons (Fsp3) is 0.417. The molecule has 116 valence electrons. The highest BCUT2D eigenvalue weighted by atomic mass is 32.2. The molecular formula is C12H12F4N2O2S. The van der Waals surface area contributed by atoms with E-state index in [0.29, 0.717) is 0 Å². The highest BCUT2D eigenvalue weighted by molar-refractivity contribution is 7.89. The van der Waals surface area contributed by atoms with Crippen molar-refractivity contribution in [1.82, 2.24) is 4.72 Å². The van der Waals surface area contributed by atoms with Crippen LogP contribution in [0.3, 0.4) is 0 Å². The van der Waals surface area contributed by atoms with E-state index in [4.69, 9.17) is 5.26 Å². The fourth-order valence-electron chi connectivity index (χ4n) is 1.48. The Morgan fingerprint density at radius 1 is 1.29 bits per heavy atom. The van der Waals surface area contributed by atoms with Crippen molar-refractivity contribution in [3.8, 4) is 6.07 Å². The molecule has 0 saturated heterocycles. The molecule has 0 atom stereocenters. The van der Waals surface area contributed by atoms with Crippen LogP contribution < -0.4 is 4.72 Å². The Hall–Kier alpha value is -1.66. The zero-order valence-corrected chi connectivity index (χ0v) is 11.6. The van der Waals surface area contributed by atoms with Gasteiger partial charge in [-0.2, -0.15) is 18.4 Å². The third kappa shape index (κ3) is 6.55. The van der Waals surface area contributed by atoms with Gasteiger partial charge in [-0.3, -0.25) is 0 Å². The molecule has 1 aromatic carbocycles. The summed E-state index contributed by atoms with van der Waals surface area (Å²) in [7, 11) is -3.92. The summed E-state index contributed by atoms with van der Waals surface area (Å²) in [5.74, 6) is -1.45. The van der Waals surface area contributed by atoms with Gasteiger partial charge in [-0.15, -0.1) is 0 Å². The van der Waals surface area contributed by atoms with Gasteiger partial charge in [-0.05, 0) is 18.6 Å². The number of alkyl halides is 3. The molecule has 21 heavy (non-hydrogen) atoms. The predicted molar refractivity (Wildman–Crippen MR) is 67.0 cm³/mol. The lowest BCUT2D eigenvalue weighted by molar-refractivity contribution is -0.134. The first kappa shape index (κ1) is 17.4. The molecule has 0 spiro atoms. The van der Waals surface area contributed by atoms with Crippen molar-refractivity contribution in [2.24, 2.45) is 0 Å². The monoisotopic (exact) mass is 324 g/mol. The van der Waals surface area contributed by atoms with Crippen molar-refractivity contribution in [3.05, 3.63) is 35.1 Å². The molecule has 0 fully saturated rings. The Bertz CT molecular complexity index is 636. The van der Waals surface area contributed by atoms with E-state index in [1.807, 2.05) is 4.72 Å². The van der Waals surface area contributed by atoms with Crippen LogP contribution in [0.15, 0.2) is 18.2 Å². The minimum absolute atomic E-state index is 0.00777. The molecule has 0 aliphatic carbocycles. The average molecular weight is 324 g/mol. The largest absolute Gasteiger partial charge is 0.389 e. The summed E-state index contributed by atoms with van der Waals surface area (Å²) in [6.07, 6.45) is -6.16. The van der Waals surface area contributed by atoms with Crippen LogP contribution in [-0.4, -0.2) is 20.3 Å². The van der Waals surface area contributed by atoms with Crippen LogP contribution in [0.25, 0.3) is 0 Å². The van der Waals surface area contributed by atoms with Crippen LogP contribution in [0.2, 0.25) is 0 Å². The van der Waals surface area contributed by atoms with Crippen LogP contribution in [0.5, 0.6) is 0 Å². The molecule has 0 aromatic heterocycles. The molecular weight excluding hydrogens is 312 g/mol. The van der Waals surface area contributed by atoms with Gasteiger partial charge >= 0.3 is 6.18 Å². The molecule has 1 rings (SSSR count). The first-order chi connectivity index (χ1) is 9.63. The lowest BCUT2D eigenvalue weighted by Gasteiger charge is -2.09. The molecule has 0 saturated carbocycles. The molecule has 1 aromatic rings. The molecule has 0 aliphatic rings. The van der Waals surface area contributed by atoms with Crippen LogP contribution in [0.4, 0.5) is 17.6 Å². The minimum Gasteiger partial charge on any atom is -0.212 e. The van der Waals surface area contributed by atoms with Crippen LogP contribution >= 0.6 is 0 Å². The van der Waals surface area contributed by atoms with Gasteiger partial charge in [0.1, 0.15) is 5.82 Å². The van der Waals surface area contributed by atoms with Crippen molar-refractivity contribution in [2.75, 3.05) is 5.75 Å². The standard InChI is InChI=1S/C12H12F4N2O2S/c13-11-6-9(7-17)2-3-10(11)8-18-21(19,20)5-1-4-12(14,15)16/h2-3,6,18H,1,4-5,8H2. The van der Waals surface area contributed by atoms with Gasteiger partial charge in [-0.25, -0.2) is 17.5 Å². The predicted octanol–water partition coefficient (Wildman–Crippen LogP) is 2.46. The summed E-state index contributed by atoms with van der Waals surface area (Å²) in [6, 6.07) is 5.23. The topological polar surface area (TPSA) is 70.0 Å². The summed E-state index contributed by atoms with van der Waals surface area (Å²) < 4.78 is 74.2. The van der Waals surface area contributed by atoms with Crippen molar-refractivity contribution in [2.45, 2.75) is 25.6 Å². The number of rotatable bonds is 6. The summed E-state index contributed by atoms with van der Waals surface area (Å²) in [5, 5.41) is 8.55. The smallest absolute Gasteiger partial charge is 0.212 e. The highest BCUT2D eigenvalue weighted by Gasteiger charge is 2.27. The zero-order valence-electron chi connectivity index (χ0n) is 10.7. The van der Waals surface area contributed by atoms with E-state index in [-0.39, 0.29) is 17.7 Å². The first-order valence-electron chi connectivity index (χ1n) is 5.85. The van der Waals surface area contributed by atoms with E-state index in [1.54, 1.807) is 6.07 Å². The minimum atomic E-state index is -4.41. The molecule has 0 bridgehead atoms. The van der Waals surface area contributed by atoms with Crippen LogP contribution in [0.1, 0.15) is 24.0 Å². The lowest BCUT2D eigenvalue weighted by atomic mass is 10.1. The third-order valence-corrected chi connectivity index (χ3v) is 3.95. The van der Waals surface area contributed by atoms with Crippen LogP contribution in [0, 0.1) is 17.1 Å². The van der Waals surface area contributed by atoms with E-state index in [1.165, 1.54) is 12.1 Å². The Kier molecular flexibility index (Phi) is 5.69. The maximum atomic E-state index is 13.5. The molecule has 0 unspecified atom stereocenters. The van der Waals surface area contributed by atoms with E-state index >= 15 is 0 Å². The van der Waals surface area contributed by atoms with E-state index in [9.17, 15) is 26.0 Å². The van der Waals surface area contributed by atoms with Crippen molar-refractivity contribution in [3.63, 3.8) is 0 Å². The Morgan fingerprint density at radius 2 is 1.95 bits per heavy atom. The van der Waals surface area contributed by atoms with Gasteiger partial charge in [0.25, 0.3) is 0 Å². The Balaban J connectivity index is 2.56. The van der Waals surface area contributed by atoms with Gasteiger partial charge in [0, 0.05) is 18.5 Å².